The molecular formula is C12H18O7. The molecule has 0 saturated heterocycles. The normalized spacial score (nSPS) is 26.0. The standard InChI is InChI=1S/C12H18O7/c1-2-18-7-3-5-8(6-4-7)19-12(17)10(14)9(13)11(15)16/h2,7-10,13-14H,1,3-6H2,(H,15,16). The lowest BCUT2D eigenvalue weighted by Crippen LogP contribution is -2.42. The smallest absolute Gasteiger partial charge is 0.338 e. The second-order valence-corrected chi connectivity index (χ2v) is 4.37. The predicted molar refractivity (Wildman–Crippen MR) is 63.1 cm³/mol. The number of carboxylic acids is 1. The highest BCUT2D eigenvalue weighted by Gasteiger charge is 2.33. The molecule has 3 N–H and O–H groups in total. The molecule has 0 radical (unpaired) electrons. The largest absolute Gasteiger partial charge is 0.499 e. The number of rotatable bonds is 6. The minimum absolute atomic E-state index is 0.0435. The number of carboxylic acid groups (broad SMARTS) is 1. The number of esters is 1. The summed E-state index contributed by atoms with van der Waals surface area (Å²) in [5, 5.41) is 26.8. The van der Waals surface area contributed by atoms with Crippen molar-refractivity contribution in [3.8, 4) is 0 Å². The van der Waals surface area contributed by atoms with Crippen LogP contribution < -0.4 is 0 Å². The Morgan fingerprint density at radius 1 is 1.11 bits per heavy atom. The Hall–Kier alpha value is -1.60. The van der Waals surface area contributed by atoms with E-state index in [4.69, 9.17) is 19.7 Å². The zero-order chi connectivity index (χ0) is 14.4. The van der Waals surface area contributed by atoms with Crippen LogP contribution in [0.5, 0.6) is 0 Å². The van der Waals surface area contributed by atoms with E-state index >= 15 is 0 Å². The van der Waals surface area contributed by atoms with Gasteiger partial charge >= 0.3 is 11.9 Å². The van der Waals surface area contributed by atoms with Crippen LogP contribution in [0.15, 0.2) is 12.8 Å². The van der Waals surface area contributed by atoms with Gasteiger partial charge in [-0.3, -0.25) is 0 Å². The van der Waals surface area contributed by atoms with Gasteiger partial charge in [0.25, 0.3) is 0 Å². The fourth-order valence-electron chi connectivity index (χ4n) is 1.92. The molecular weight excluding hydrogens is 256 g/mol. The molecule has 0 heterocycles. The Morgan fingerprint density at radius 3 is 2.11 bits per heavy atom. The number of hydrogen-bond donors (Lipinski definition) is 3. The number of ether oxygens (including phenoxy) is 2. The van der Waals surface area contributed by atoms with Gasteiger partial charge in [-0.05, 0) is 25.7 Å². The van der Waals surface area contributed by atoms with Crippen molar-refractivity contribution in [3.05, 3.63) is 12.8 Å². The number of carbonyl (C=O) groups excluding carboxylic acids is 1. The quantitative estimate of drug-likeness (QED) is 0.454. The number of aliphatic carboxylic acids is 1. The summed E-state index contributed by atoms with van der Waals surface area (Å²) in [5.41, 5.74) is 0. The van der Waals surface area contributed by atoms with Crippen LogP contribution in [-0.2, 0) is 19.1 Å². The molecule has 0 aromatic rings. The highest BCUT2D eigenvalue weighted by molar-refractivity contribution is 5.84. The van der Waals surface area contributed by atoms with Crippen LogP contribution in [0, 0.1) is 0 Å². The van der Waals surface area contributed by atoms with Crippen molar-refractivity contribution in [2.75, 3.05) is 0 Å². The summed E-state index contributed by atoms with van der Waals surface area (Å²) in [6.07, 6.45) is -0.754. The van der Waals surface area contributed by atoms with Gasteiger partial charge in [-0.2, -0.15) is 0 Å². The van der Waals surface area contributed by atoms with Gasteiger partial charge in [-0.15, -0.1) is 0 Å². The zero-order valence-electron chi connectivity index (χ0n) is 10.4. The van der Waals surface area contributed by atoms with Crippen LogP contribution in [0.25, 0.3) is 0 Å². The first-order valence-electron chi connectivity index (χ1n) is 6.01. The minimum Gasteiger partial charge on any atom is -0.499 e. The Kier molecular flexibility index (Phi) is 5.78. The topological polar surface area (TPSA) is 113 Å². The zero-order valence-corrected chi connectivity index (χ0v) is 10.4. The Labute approximate surface area is 110 Å². The maximum Gasteiger partial charge on any atom is 0.338 e. The minimum atomic E-state index is -2.17. The van der Waals surface area contributed by atoms with Gasteiger partial charge in [-0.25, -0.2) is 9.59 Å². The van der Waals surface area contributed by atoms with E-state index in [0.717, 1.165) is 0 Å². The lowest BCUT2D eigenvalue weighted by atomic mass is 9.95. The Bertz CT molecular complexity index is 333. The summed E-state index contributed by atoms with van der Waals surface area (Å²) in [7, 11) is 0. The van der Waals surface area contributed by atoms with E-state index in [1.807, 2.05) is 0 Å². The summed E-state index contributed by atoms with van der Waals surface area (Å²) in [6.45, 7) is 3.46. The summed E-state index contributed by atoms with van der Waals surface area (Å²) in [4.78, 5) is 21.8. The summed E-state index contributed by atoms with van der Waals surface area (Å²) < 4.78 is 10.2. The second-order valence-electron chi connectivity index (χ2n) is 4.37. The average Bonchev–Trinajstić information content (AvgIpc) is 2.39. The van der Waals surface area contributed by atoms with Crippen molar-refractivity contribution in [2.24, 2.45) is 0 Å². The van der Waals surface area contributed by atoms with Gasteiger partial charge in [0.05, 0.1) is 12.4 Å². The third-order valence-corrected chi connectivity index (χ3v) is 2.99. The van der Waals surface area contributed by atoms with E-state index in [-0.39, 0.29) is 6.10 Å². The van der Waals surface area contributed by atoms with Gasteiger partial charge in [-0.1, -0.05) is 6.58 Å². The summed E-state index contributed by atoms with van der Waals surface area (Å²) in [6, 6.07) is 0. The average molecular weight is 274 g/mol. The van der Waals surface area contributed by atoms with Crippen LogP contribution in [0.2, 0.25) is 0 Å². The number of carbonyl (C=O) groups is 2. The van der Waals surface area contributed by atoms with E-state index < -0.39 is 30.3 Å². The van der Waals surface area contributed by atoms with Crippen LogP contribution in [0.3, 0.4) is 0 Å². The maximum absolute atomic E-state index is 11.4. The van der Waals surface area contributed by atoms with Gasteiger partial charge in [0, 0.05) is 0 Å². The molecule has 7 heteroatoms. The molecule has 1 fully saturated rings. The molecule has 1 aliphatic rings. The molecule has 0 aromatic carbocycles. The molecule has 0 aromatic heterocycles. The summed E-state index contributed by atoms with van der Waals surface area (Å²) >= 11 is 0. The van der Waals surface area contributed by atoms with E-state index in [1.54, 1.807) is 0 Å². The molecule has 1 rings (SSSR count). The highest BCUT2D eigenvalue weighted by atomic mass is 16.6. The van der Waals surface area contributed by atoms with E-state index in [0.29, 0.717) is 25.7 Å². The van der Waals surface area contributed by atoms with Crippen LogP contribution in [-0.4, -0.2) is 51.7 Å². The summed E-state index contributed by atoms with van der Waals surface area (Å²) in [5.74, 6) is -2.80. The first kappa shape index (κ1) is 15.5. The van der Waals surface area contributed by atoms with Crippen molar-refractivity contribution in [1.82, 2.24) is 0 Å². The van der Waals surface area contributed by atoms with Gasteiger partial charge in [0.2, 0.25) is 0 Å². The van der Waals surface area contributed by atoms with E-state index in [2.05, 4.69) is 6.58 Å². The number of aliphatic hydroxyl groups is 2. The first-order chi connectivity index (χ1) is 8.95. The molecule has 1 saturated carbocycles. The first-order valence-corrected chi connectivity index (χ1v) is 6.01. The van der Waals surface area contributed by atoms with Crippen molar-refractivity contribution in [3.63, 3.8) is 0 Å². The predicted octanol–water partition coefficient (Wildman–Crippen LogP) is -0.193. The molecule has 1 aliphatic carbocycles. The fourth-order valence-corrected chi connectivity index (χ4v) is 1.92. The molecule has 0 bridgehead atoms. The van der Waals surface area contributed by atoms with Crippen molar-refractivity contribution in [2.45, 2.75) is 50.1 Å². The lowest BCUT2D eigenvalue weighted by molar-refractivity contribution is -0.175. The van der Waals surface area contributed by atoms with Crippen LogP contribution in [0.4, 0.5) is 0 Å². The maximum atomic E-state index is 11.4. The fraction of sp³-hybridized carbons (Fsp3) is 0.667. The molecule has 2 unspecified atom stereocenters. The Morgan fingerprint density at radius 2 is 1.63 bits per heavy atom. The second kappa shape index (κ2) is 7.10. The molecule has 0 amide bonds. The number of hydrogen-bond acceptors (Lipinski definition) is 6. The number of aliphatic hydroxyl groups excluding tert-OH is 2. The van der Waals surface area contributed by atoms with Crippen molar-refractivity contribution < 1.29 is 34.4 Å². The lowest BCUT2D eigenvalue weighted by Gasteiger charge is -2.28. The SMILES string of the molecule is C=COC1CCC(OC(=O)C(O)C(O)C(=O)O)CC1. The molecule has 108 valence electrons. The van der Waals surface area contributed by atoms with Crippen molar-refractivity contribution in [1.29, 1.82) is 0 Å². The van der Waals surface area contributed by atoms with E-state index in [1.165, 1.54) is 6.26 Å². The molecule has 7 nitrogen and oxygen atoms in total. The third-order valence-electron chi connectivity index (χ3n) is 2.99. The molecule has 0 spiro atoms. The molecule has 0 aliphatic heterocycles. The molecule has 19 heavy (non-hydrogen) atoms. The van der Waals surface area contributed by atoms with E-state index in [9.17, 15) is 14.7 Å². The highest BCUT2D eigenvalue weighted by Crippen LogP contribution is 2.24. The third kappa shape index (κ3) is 4.53. The van der Waals surface area contributed by atoms with Crippen LogP contribution >= 0.6 is 0 Å². The van der Waals surface area contributed by atoms with Crippen molar-refractivity contribution >= 4 is 11.9 Å². The van der Waals surface area contributed by atoms with Crippen LogP contribution in [0.1, 0.15) is 25.7 Å². The van der Waals surface area contributed by atoms with Gasteiger partial charge < -0.3 is 24.8 Å². The monoisotopic (exact) mass is 274 g/mol. The van der Waals surface area contributed by atoms with Gasteiger partial charge in [0.1, 0.15) is 6.10 Å². The van der Waals surface area contributed by atoms with Gasteiger partial charge in [0.15, 0.2) is 12.2 Å². The molecule has 2 atom stereocenters. The Balaban J connectivity index is 2.38.